The molecule has 0 aliphatic rings. The Kier molecular flexibility index (Phi) is 3.49. The third kappa shape index (κ3) is 3.02. The summed E-state index contributed by atoms with van der Waals surface area (Å²) in [5.74, 6) is 0.335. The first kappa shape index (κ1) is 12.2. The molecule has 0 fully saturated rings. The van der Waals surface area contributed by atoms with Gasteiger partial charge in [0.05, 0.1) is 0 Å². The molecule has 0 spiro atoms. The van der Waals surface area contributed by atoms with Crippen LogP contribution in [0.2, 0.25) is 0 Å². The minimum atomic E-state index is -4.43. The Morgan fingerprint density at radius 3 is 1.80 bits per heavy atom. The van der Waals surface area contributed by atoms with Gasteiger partial charge in [0.15, 0.2) is 0 Å². The number of aliphatic hydroxyl groups is 1. The topological polar surface area (TPSA) is 74.6 Å². The molecule has 0 saturated carbocycles. The molecule has 0 bridgehead atoms. The molecular weight excluding hydrogens is 216 g/mol. The summed E-state index contributed by atoms with van der Waals surface area (Å²) >= 11 is 0. The molecule has 5 heteroatoms. The molecule has 1 atom stereocenters. The van der Waals surface area contributed by atoms with Gasteiger partial charge in [-0.15, -0.1) is 0 Å². The van der Waals surface area contributed by atoms with Gasteiger partial charge in [0, 0.05) is 0 Å². The van der Waals surface area contributed by atoms with E-state index in [0.717, 1.165) is 5.56 Å². The molecule has 0 aliphatic heterocycles. The fraction of sp³-hybridized carbons (Fsp3) is 0.400. The fourth-order valence-corrected chi connectivity index (χ4v) is 1.72. The Bertz CT molecular complexity index is 419. The SMILES string of the molecule is CC(C)c1ccc(C(O)S(=O)(=O)O)cc1. The van der Waals surface area contributed by atoms with E-state index in [1.54, 1.807) is 12.1 Å². The maximum absolute atomic E-state index is 10.7. The minimum Gasteiger partial charge on any atom is -0.371 e. The van der Waals surface area contributed by atoms with Gasteiger partial charge in [-0.3, -0.25) is 4.55 Å². The fourth-order valence-electron chi connectivity index (χ4n) is 1.22. The summed E-state index contributed by atoms with van der Waals surface area (Å²) in [4.78, 5) is 0. The van der Waals surface area contributed by atoms with Gasteiger partial charge in [-0.05, 0) is 17.0 Å². The summed E-state index contributed by atoms with van der Waals surface area (Å²) < 4.78 is 30.0. The van der Waals surface area contributed by atoms with Crippen LogP contribution < -0.4 is 0 Å². The molecule has 1 aromatic carbocycles. The highest BCUT2D eigenvalue weighted by Crippen LogP contribution is 2.21. The summed E-state index contributed by atoms with van der Waals surface area (Å²) in [7, 11) is -4.43. The second kappa shape index (κ2) is 4.30. The molecule has 1 rings (SSSR count). The first-order valence-corrected chi connectivity index (χ1v) is 6.07. The molecule has 0 amide bonds. The summed E-state index contributed by atoms with van der Waals surface area (Å²) in [5, 5.41) is 9.25. The number of hydrogen-bond donors (Lipinski definition) is 2. The molecular formula is C10H14O4S. The Balaban J connectivity index is 3.00. The maximum atomic E-state index is 10.7. The molecule has 0 aliphatic carbocycles. The smallest absolute Gasteiger partial charge is 0.296 e. The highest BCUT2D eigenvalue weighted by Gasteiger charge is 2.21. The van der Waals surface area contributed by atoms with Crippen LogP contribution in [0.1, 0.15) is 36.3 Å². The molecule has 0 saturated heterocycles. The van der Waals surface area contributed by atoms with Gasteiger partial charge in [0.1, 0.15) is 0 Å². The van der Waals surface area contributed by atoms with Gasteiger partial charge >= 0.3 is 0 Å². The largest absolute Gasteiger partial charge is 0.371 e. The molecule has 0 aromatic heterocycles. The van der Waals surface area contributed by atoms with E-state index in [0.29, 0.717) is 5.92 Å². The van der Waals surface area contributed by atoms with Crippen LogP contribution >= 0.6 is 0 Å². The van der Waals surface area contributed by atoms with Crippen LogP contribution in [0.3, 0.4) is 0 Å². The van der Waals surface area contributed by atoms with Gasteiger partial charge in [-0.1, -0.05) is 38.1 Å². The van der Waals surface area contributed by atoms with Crippen molar-refractivity contribution < 1.29 is 18.1 Å². The van der Waals surface area contributed by atoms with Crippen LogP contribution in [0, 0.1) is 0 Å². The van der Waals surface area contributed by atoms with E-state index in [2.05, 4.69) is 0 Å². The summed E-state index contributed by atoms with van der Waals surface area (Å²) in [5.41, 5.74) is -0.651. The zero-order chi connectivity index (χ0) is 11.6. The lowest BCUT2D eigenvalue weighted by molar-refractivity contribution is 0.238. The summed E-state index contributed by atoms with van der Waals surface area (Å²) in [6.07, 6.45) is 0. The average molecular weight is 230 g/mol. The first-order valence-electron chi connectivity index (χ1n) is 4.56. The lowest BCUT2D eigenvalue weighted by Gasteiger charge is -2.09. The number of benzene rings is 1. The standard InChI is InChI=1S/C10H14O4S/c1-7(2)8-3-5-9(6-4-8)10(11)15(12,13)14/h3-7,10-11H,1-2H3,(H,12,13,14). The van der Waals surface area contributed by atoms with Crippen molar-refractivity contribution in [1.29, 1.82) is 0 Å². The van der Waals surface area contributed by atoms with E-state index in [4.69, 9.17) is 4.55 Å². The van der Waals surface area contributed by atoms with Crippen molar-refractivity contribution in [2.24, 2.45) is 0 Å². The highest BCUT2D eigenvalue weighted by molar-refractivity contribution is 7.85. The molecule has 1 aromatic rings. The van der Waals surface area contributed by atoms with Crippen LogP contribution in [-0.4, -0.2) is 18.1 Å². The molecule has 1 unspecified atom stereocenters. The number of rotatable bonds is 3. The average Bonchev–Trinajstić information content (AvgIpc) is 2.15. The molecule has 4 nitrogen and oxygen atoms in total. The Hall–Kier alpha value is -0.910. The first-order chi connectivity index (χ1) is 6.82. The van der Waals surface area contributed by atoms with Crippen molar-refractivity contribution in [3.8, 4) is 0 Å². The van der Waals surface area contributed by atoms with Gasteiger partial charge in [-0.25, -0.2) is 0 Å². The van der Waals surface area contributed by atoms with Crippen LogP contribution in [0.4, 0.5) is 0 Å². The minimum absolute atomic E-state index is 0.168. The second-order valence-electron chi connectivity index (χ2n) is 3.69. The normalized spacial score (nSPS) is 14.2. The van der Waals surface area contributed by atoms with Crippen molar-refractivity contribution in [2.75, 3.05) is 0 Å². The van der Waals surface area contributed by atoms with Crippen LogP contribution in [0.25, 0.3) is 0 Å². The van der Waals surface area contributed by atoms with Crippen molar-refractivity contribution in [2.45, 2.75) is 25.2 Å². The van der Waals surface area contributed by atoms with E-state index in [9.17, 15) is 13.5 Å². The van der Waals surface area contributed by atoms with Gasteiger partial charge in [0.2, 0.25) is 5.44 Å². The quantitative estimate of drug-likeness (QED) is 0.775. The third-order valence-electron chi connectivity index (χ3n) is 2.17. The van der Waals surface area contributed by atoms with E-state index in [-0.39, 0.29) is 5.56 Å². The van der Waals surface area contributed by atoms with Crippen LogP contribution in [0.5, 0.6) is 0 Å². The van der Waals surface area contributed by atoms with Crippen molar-refractivity contribution in [1.82, 2.24) is 0 Å². The van der Waals surface area contributed by atoms with Crippen molar-refractivity contribution in [3.63, 3.8) is 0 Å². The molecule has 84 valence electrons. The van der Waals surface area contributed by atoms with Crippen LogP contribution in [-0.2, 0) is 10.1 Å². The maximum Gasteiger partial charge on any atom is 0.296 e. The van der Waals surface area contributed by atoms with Crippen molar-refractivity contribution >= 4 is 10.1 Å². The van der Waals surface area contributed by atoms with E-state index in [1.807, 2.05) is 13.8 Å². The zero-order valence-corrected chi connectivity index (χ0v) is 9.40. The van der Waals surface area contributed by atoms with Crippen molar-refractivity contribution in [3.05, 3.63) is 35.4 Å². The van der Waals surface area contributed by atoms with Gasteiger partial charge in [-0.2, -0.15) is 8.42 Å². The molecule has 0 radical (unpaired) electrons. The second-order valence-corrected chi connectivity index (χ2v) is 5.17. The molecule has 0 heterocycles. The van der Waals surface area contributed by atoms with Gasteiger partial charge < -0.3 is 5.11 Å². The number of hydrogen-bond acceptors (Lipinski definition) is 3. The molecule has 2 N–H and O–H groups in total. The zero-order valence-electron chi connectivity index (χ0n) is 8.58. The Labute approximate surface area is 89.3 Å². The highest BCUT2D eigenvalue weighted by atomic mass is 32.2. The third-order valence-corrected chi connectivity index (χ3v) is 3.01. The predicted octanol–water partition coefficient (Wildman–Crippen LogP) is 1.69. The predicted molar refractivity (Wildman–Crippen MR) is 57.0 cm³/mol. The summed E-state index contributed by atoms with van der Waals surface area (Å²) in [6.45, 7) is 4.02. The van der Waals surface area contributed by atoms with E-state index >= 15 is 0 Å². The number of aliphatic hydroxyl groups excluding tert-OH is 1. The Morgan fingerprint density at radius 1 is 1.07 bits per heavy atom. The Morgan fingerprint density at radius 2 is 1.47 bits per heavy atom. The lowest BCUT2D eigenvalue weighted by atomic mass is 10.0. The van der Waals surface area contributed by atoms with Crippen LogP contribution in [0.15, 0.2) is 24.3 Å². The lowest BCUT2D eigenvalue weighted by Crippen LogP contribution is -2.11. The van der Waals surface area contributed by atoms with Gasteiger partial charge in [0.25, 0.3) is 10.1 Å². The van der Waals surface area contributed by atoms with E-state index in [1.165, 1.54) is 12.1 Å². The molecule has 15 heavy (non-hydrogen) atoms. The van der Waals surface area contributed by atoms with E-state index < -0.39 is 15.6 Å². The summed E-state index contributed by atoms with van der Waals surface area (Å²) in [6, 6.07) is 6.45. The monoisotopic (exact) mass is 230 g/mol.